The Hall–Kier alpha value is -4.22. The number of sulfonamides is 1. The van der Waals surface area contributed by atoms with Gasteiger partial charge in [0, 0.05) is 30.5 Å². The van der Waals surface area contributed by atoms with Crippen molar-refractivity contribution in [2.24, 2.45) is 0 Å². The number of carbonyl (C=O) groups is 1. The zero-order chi connectivity index (χ0) is 28.9. The molecule has 0 spiro atoms. The minimum absolute atomic E-state index is 0.210. The number of nitrogens with one attached hydrogen (secondary N) is 3. The Bertz CT molecular complexity index is 1820. The molecule has 0 bridgehead atoms. The lowest BCUT2D eigenvalue weighted by Gasteiger charge is -2.31. The Morgan fingerprint density at radius 2 is 1.76 bits per heavy atom. The van der Waals surface area contributed by atoms with Crippen LogP contribution in [0.5, 0.6) is 5.75 Å². The van der Waals surface area contributed by atoms with Crippen LogP contribution in [0.15, 0.2) is 65.6 Å². The maximum absolute atomic E-state index is 12.8. The fourth-order valence-electron chi connectivity index (χ4n) is 5.41. The summed E-state index contributed by atoms with van der Waals surface area (Å²) in [7, 11) is -3.17. The van der Waals surface area contributed by atoms with Gasteiger partial charge in [0.15, 0.2) is 5.60 Å². The van der Waals surface area contributed by atoms with Crippen LogP contribution >= 0.6 is 0 Å². The van der Waals surface area contributed by atoms with E-state index in [0.717, 1.165) is 35.0 Å². The van der Waals surface area contributed by atoms with E-state index < -0.39 is 15.6 Å². The number of benzene rings is 2. The average molecular weight is 574 g/mol. The molecule has 3 N–H and O–H groups in total. The Morgan fingerprint density at radius 1 is 1.02 bits per heavy atom. The van der Waals surface area contributed by atoms with E-state index in [4.69, 9.17) is 9.72 Å². The number of H-pyrrole nitrogens is 1. The predicted molar refractivity (Wildman–Crippen MR) is 159 cm³/mol. The number of amides is 1. The summed E-state index contributed by atoms with van der Waals surface area (Å²) in [5, 5.41) is 7.37. The van der Waals surface area contributed by atoms with Crippen LogP contribution in [-0.2, 0) is 14.8 Å². The molecule has 2 aromatic heterocycles. The molecular formula is C30H31N5O5S. The van der Waals surface area contributed by atoms with Crippen LogP contribution < -0.4 is 20.9 Å². The van der Waals surface area contributed by atoms with Crippen molar-refractivity contribution < 1.29 is 17.9 Å². The molecule has 41 heavy (non-hydrogen) atoms. The lowest BCUT2D eigenvalue weighted by atomic mass is 9.90. The van der Waals surface area contributed by atoms with Crippen LogP contribution in [0, 0.1) is 0 Å². The second-order valence-corrected chi connectivity index (χ2v) is 13.1. The molecule has 4 heterocycles. The van der Waals surface area contributed by atoms with Gasteiger partial charge in [0.05, 0.1) is 23.0 Å². The highest BCUT2D eigenvalue weighted by Crippen LogP contribution is 2.38. The van der Waals surface area contributed by atoms with Crippen LogP contribution in [0.3, 0.4) is 0 Å². The molecule has 6 rings (SSSR count). The largest absolute Gasteiger partial charge is 0.476 e. The Labute approximate surface area is 237 Å². The van der Waals surface area contributed by atoms with Crippen molar-refractivity contribution in [2.75, 3.05) is 30.0 Å². The van der Waals surface area contributed by atoms with Crippen molar-refractivity contribution in [3.05, 3.63) is 76.7 Å². The van der Waals surface area contributed by atoms with E-state index in [1.165, 1.54) is 10.6 Å². The number of rotatable bonds is 5. The van der Waals surface area contributed by atoms with Crippen LogP contribution in [0.2, 0.25) is 0 Å². The highest BCUT2D eigenvalue weighted by molar-refractivity contribution is 7.88. The molecule has 2 aromatic carbocycles. The number of anilines is 3. The molecule has 0 unspecified atom stereocenters. The summed E-state index contributed by atoms with van der Waals surface area (Å²) in [6.45, 7) is 4.47. The first kappa shape index (κ1) is 27.0. The Balaban J connectivity index is 1.30. The molecule has 212 valence electrons. The van der Waals surface area contributed by atoms with Gasteiger partial charge >= 0.3 is 0 Å². The Morgan fingerprint density at radius 3 is 2.46 bits per heavy atom. The van der Waals surface area contributed by atoms with Gasteiger partial charge in [-0.25, -0.2) is 17.7 Å². The third-order valence-electron chi connectivity index (χ3n) is 7.76. The molecule has 0 radical (unpaired) electrons. The topological polar surface area (TPSA) is 133 Å². The highest BCUT2D eigenvalue weighted by Gasteiger charge is 2.35. The zero-order valence-corrected chi connectivity index (χ0v) is 23.8. The van der Waals surface area contributed by atoms with Gasteiger partial charge in [-0.1, -0.05) is 18.2 Å². The van der Waals surface area contributed by atoms with Gasteiger partial charge in [-0.2, -0.15) is 0 Å². The van der Waals surface area contributed by atoms with Gasteiger partial charge in [0.1, 0.15) is 11.6 Å². The van der Waals surface area contributed by atoms with Crippen LogP contribution in [0.25, 0.3) is 22.0 Å². The standard InChI is InChI=1S/C30H31N5O5S/c1-30(2)29(37)34-23-9-6-20(17-25(23)40-30)24-16-21-10-13-31-28(36)26(21)27(33-24)32-22-7-4-18(5-8-22)19-11-14-35(15-12-19)41(3,38)39/h4-10,13,16-17,19H,11-12,14-15H2,1-3H3,(H,31,36)(H,32,33)(H,34,37). The third kappa shape index (κ3) is 5.30. The number of ether oxygens (including phenoxy) is 1. The zero-order valence-electron chi connectivity index (χ0n) is 23.0. The maximum Gasteiger partial charge on any atom is 0.268 e. The van der Waals surface area contributed by atoms with Crippen molar-refractivity contribution >= 4 is 43.9 Å². The SMILES string of the molecule is CC1(C)Oc2cc(-c3cc4cc[nH]c(=O)c4c(Nc4ccc(C5CCN(S(C)(=O)=O)CC5)cc4)n3)ccc2NC1=O. The number of nitrogens with zero attached hydrogens (tertiary/aromatic N) is 2. The van der Waals surface area contributed by atoms with E-state index in [2.05, 4.69) is 15.6 Å². The van der Waals surface area contributed by atoms with E-state index in [1.807, 2.05) is 48.5 Å². The number of aromatic amines is 1. The quantitative estimate of drug-likeness (QED) is 0.318. The molecule has 0 saturated carbocycles. The fourth-order valence-corrected chi connectivity index (χ4v) is 6.29. The third-order valence-corrected chi connectivity index (χ3v) is 9.06. The van der Waals surface area contributed by atoms with E-state index in [1.54, 1.807) is 26.1 Å². The summed E-state index contributed by atoms with van der Waals surface area (Å²) in [5.41, 5.74) is 2.68. The molecule has 1 saturated heterocycles. The van der Waals surface area contributed by atoms with Crippen LogP contribution in [-0.4, -0.2) is 53.5 Å². The smallest absolute Gasteiger partial charge is 0.268 e. The molecule has 4 aromatic rings. The number of hydrogen-bond acceptors (Lipinski definition) is 7. The number of piperidine rings is 1. The van der Waals surface area contributed by atoms with E-state index in [0.29, 0.717) is 41.4 Å². The van der Waals surface area contributed by atoms with Gasteiger partial charge in [0.2, 0.25) is 10.0 Å². The summed E-state index contributed by atoms with van der Waals surface area (Å²) in [5.74, 6) is 1.04. The summed E-state index contributed by atoms with van der Waals surface area (Å²) >= 11 is 0. The van der Waals surface area contributed by atoms with Gasteiger partial charge in [0.25, 0.3) is 11.5 Å². The van der Waals surface area contributed by atoms with Crippen LogP contribution in [0.1, 0.15) is 38.2 Å². The van der Waals surface area contributed by atoms with Gasteiger partial charge in [-0.05, 0) is 80.0 Å². The average Bonchev–Trinajstić information content (AvgIpc) is 2.93. The Kier molecular flexibility index (Phi) is 6.58. The van der Waals surface area contributed by atoms with Crippen molar-refractivity contribution in [3.8, 4) is 17.0 Å². The second-order valence-electron chi connectivity index (χ2n) is 11.1. The molecular weight excluding hydrogens is 542 g/mol. The number of pyridine rings is 2. The number of hydrogen-bond donors (Lipinski definition) is 3. The van der Waals surface area contributed by atoms with E-state index in [9.17, 15) is 18.0 Å². The van der Waals surface area contributed by atoms with E-state index in [-0.39, 0.29) is 17.4 Å². The molecule has 2 aliphatic heterocycles. The number of carbonyl (C=O) groups excluding carboxylic acids is 1. The first-order valence-corrected chi connectivity index (χ1v) is 15.3. The van der Waals surface area contributed by atoms with Gasteiger partial charge in [-0.15, -0.1) is 0 Å². The lowest BCUT2D eigenvalue weighted by Crippen LogP contribution is -2.45. The van der Waals surface area contributed by atoms with Crippen molar-refractivity contribution in [3.63, 3.8) is 0 Å². The van der Waals surface area contributed by atoms with Gasteiger partial charge in [-0.3, -0.25) is 9.59 Å². The molecule has 0 atom stereocenters. The van der Waals surface area contributed by atoms with Crippen molar-refractivity contribution in [1.82, 2.24) is 14.3 Å². The van der Waals surface area contributed by atoms with E-state index >= 15 is 0 Å². The maximum atomic E-state index is 12.8. The highest BCUT2D eigenvalue weighted by atomic mass is 32.2. The molecule has 1 fully saturated rings. The molecule has 0 aliphatic carbocycles. The first-order valence-electron chi connectivity index (χ1n) is 13.5. The van der Waals surface area contributed by atoms with Gasteiger partial charge < -0.3 is 20.4 Å². The lowest BCUT2D eigenvalue weighted by molar-refractivity contribution is -0.129. The normalized spacial score (nSPS) is 17.5. The van der Waals surface area contributed by atoms with Crippen molar-refractivity contribution in [2.45, 2.75) is 38.2 Å². The molecule has 11 heteroatoms. The summed E-state index contributed by atoms with van der Waals surface area (Å²) in [4.78, 5) is 32.7. The fraction of sp³-hybridized carbons (Fsp3) is 0.300. The predicted octanol–water partition coefficient (Wildman–Crippen LogP) is 4.58. The monoisotopic (exact) mass is 573 g/mol. The number of aromatic nitrogens is 2. The first-order chi connectivity index (χ1) is 19.5. The van der Waals surface area contributed by atoms with Crippen LogP contribution in [0.4, 0.5) is 17.2 Å². The molecule has 1 amide bonds. The second kappa shape index (κ2) is 10.0. The summed E-state index contributed by atoms with van der Waals surface area (Å²) < 4.78 is 31.2. The van der Waals surface area contributed by atoms with Crippen molar-refractivity contribution in [1.29, 1.82) is 0 Å². The summed E-state index contributed by atoms with van der Waals surface area (Å²) in [6.07, 6.45) is 4.41. The number of fused-ring (bicyclic) bond motifs is 2. The summed E-state index contributed by atoms with van der Waals surface area (Å²) in [6, 6.07) is 17.1. The molecule has 10 nitrogen and oxygen atoms in total. The minimum atomic E-state index is -3.17. The molecule has 2 aliphatic rings. The minimum Gasteiger partial charge on any atom is -0.476 e.